The van der Waals surface area contributed by atoms with Gasteiger partial charge in [-0.15, -0.1) is 0 Å². The maximum atomic E-state index is 10.4. The first-order valence-electron chi connectivity index (χ1n) is 4.31. The number of hydrogen-bond donors (Lipinski definition) is 3. The Morgan fingerprint density at radius 3 is 2.73 bits per heavy atom. The Bertz CT molecular complexity index is 361. The molecule has 5 nitrogen and oxygen atoms in total. The monoisotopic (exact) mass is 212 g/mol. The van der Waals surface area contributed by atoms with Gasteiger partial charge in [-0.25, -0.2) is 0 Å². The van der Waals surface area contributed by atoms with Gasteiger partial charge in [-0.3, -0.25) is 4.79 Å². The van der Waals surface area contributed by atoms with Crippen molar-refractivity contribution in [3.05, 3.63) is 23.8 Å². The van der Waals surface area contributed by atoms with Crippen molar-refractivity contribution in [2.24, 2.45) is 0 Å². The molecule has 82 valence electrons. The summed E-state index contributed by atoms with van der Waals surface area (Å²) in [4.78, 5) is 10.4. The molecular weight excluding hydrogens is 200 g/mol. The number of aliphatic hydroxyl groups excluding tert-OH is 1. The zero-order chi connectivity index (χ0) is 11.4. The standard InChI is InChI=1S/C10H12O5/c1-15-9-4-6(2-3-7(9)11)8(12)5-10(13)14/h2-4,8,11-12H,5H2,1H3,(H,13,14)/t8-/m0/s1. The molecule has 0 saturated heterocycles. The first-order chi connectivity index (χ1) is 7.04. The largest absolute Gasteiger partial charge is 0.504 e. The van der Waals surface area contributed by atoms with Gasteiger partial charge in [0.05, 0.1) is 19.6 Å². The third-order valence-corrected chi connectivity index (χ3v) is 1.96. The minimum Gasteiger partial charge on any atom is -0.504 e. The molecule has 0 aromatic heterocycles. The quantitative estimate of drug-likeness (QED) is 0.690. The van der Waals surface area contributed by atoms with Crippen LogP contribution in [0.1, 0.15) is 18.1 Å². The summed E-state index contributed by atoms with van der Waals surface area (Å²) in [5.41, 5.74) is 0.395. The van der Waals surface area contributed by atoms with E-state index in [0.717, 1.165) is 0 Å². The summed E-state index contributed by atoms with van der Waals surface area (Å²) in [5, 5.41) is 27.2. The Labute approximate surface area is 86.5 Å². The number of aromatic hydroxyl groups is 1. The van der Waals surface area contributed by atoms with Crippen molar-refractivity contribution in [1.29, 1.82) is 0 Å². The molecule has 0 aliphatic carbocycles. The van der Waals surface area contributed by atoms with Crippen LogP contribution in [0.4, 0.5) is 0 Å². The van der Waals surface area contributed by atoms with E-state index in [2.05, 4.69) is 0 Å². The lowest BCUT2D eigenvalue weighted by Crippen LogP contribution is -2.05. The molecule has 0 spiro atoms. The highest BCUT2D eigenvalue weighted by atomic mass is 16.5. The van der Waals surface area contributed by atoms with Crippen LogP contribution in [-0.4, -0.2) is 28.4 Å². The average Bonchev–Trinajstić information content (AvgIpc) is 2.17. The van der Waals surface area contributed by atoms with Crippen LogP contribution in [0.2, 0.25) is 0 Å². The number of hydrogen-bond acceptors (Lipinski definition) is 4. The summed E-state index contributed by atoms with van der Waals surface area (Å²) in [6, 6.07) is 4.20. The SMILES string of the molecule is COc1cc([C@@H](O)CC(=O)O)ccc1O. The Hall–Kier alpha value is -1.75. The van der Waals surface area contributed by atoms with Gasteiger partial charge < -0.3 is 20.1 Å². The number of carbonyl (C=O) groups is 1. The Morgan fingerprint density at radius 2 is 2.20 bits per heavy atom. The predicted octanol–water partition coefficient (Wildman–Crippen LogP) is 0.909. The van der Waals surface area contributed by atoms with Crippen LogP contribution in [0.5, 0.6) is 11.5 Å². The van der Waals surface area contributed by atoms with Crippen molar-refractivity contribution < 1.29 is 24.9 Å². The van der Waals surface area contributed by atoms with E-state index in [1.54, 1.807) is 0 Å². The van der Waals surface area contributed by atoms with E-state index in [9.17, 15) is 15.0 Å². The van der Waals surface area contributed by atoms with Crippen molar-refractivity contribution in [2.75, 3.05) is 7.11 Å². The molecule has 15 heavy (non-hydrogen) atoms. The van der Waals surface area contributed by atoms with Crippen molar-refractivity contribution in [3.63, 3.8) is 0 Å². The molecule has 0 radical (unpaired) electrons. The van der Waals surface area contributed by atoms with Crippen LogP contribution in [0.3, 0.4) is 0 Å². The summed E-state index contributed by atoms with van der Waals surface area (Å²) < 4.78 is 4.83. The number of aliphatic carboxylic acids is 1. The van der Waals surface area contributed by atoms with Crippen LogP contribution < -0.4 is 4.74 Å². The van der Waals surface area contributed by atoms with Crippen LogP contribution >= 0.6 is 0 Å². The van der Waals surface area contributed by atoms with E-state index in [4.69, 9.17) is 9.84 Å². The summed E-state index contributed by atoms with van der Waals surface area (Å²) in [5.74, 6) is -0.935. The second-order valence-electron chi connectivity index (χ2n) is 3.04. The first-order valence-corrected chi connectivity index (χ1v) is 4.31. The highest BCUT2D eigenvalue weighted by Crippen LogP contribution is 2.29. The van der Waals surface area contributed by atoms with Crippen molar-refractivity contribution in [2.45, 2.75) is 12.5 Å². The lowest BCUT2D eigenvalue weighted by Gasteiger charge is -2.10. The van der Waals surface area contributed by atoms with Crippen molar-refractivity contribution in [1.82, 2.24) is 0 Å². The van der Waals surface area contributed by atoms with Crippen LogP contribution in [-0.2, 0) is 4.79 Å². The van der Waals surface area contributed by atoms with Crippen molar-refractivity contribution in [3.8, 4) is 11.5 Å². The fourth-order valence-corrected chi connectivity index (χ4v) is 1.18. The lowest BCUT2D eigenvalue weighted by atomic mass is 10.1. The number of methoxy groups -OCH3 is 1. The molecule has 1 aromatic carbocycles. The molecule has 0 heterocycles. The topological polar surface area (TPSA) is 87.0 Å². The fourth-order valence-electron chi connectivity index (χ4n) is 1.18. The molecule has 0 amide bonds. The lowest BCUT2D eigenvalue weighted by molar-refractivity contribution is -0.139. The van der Waals surface area contributed by atoms with E-state index >= 15 is 0 Å². The number of phenolic OH excluding ortho intramolecular Hbond substituents is 1. The maximum Gasteiger partial charge on any atom is 0.306 e. The molecular formula is C10H12O5. The third kappa shape index (κ3) is 2.85. The second-order valence-corrected chi connectivity index (χ2v) is 3.04. The van der Waals surface area contributed by atoms with E-state index in [1.807, 2.05) is 0 Å². The molecule has 0 aliphatic rings. The molecule has 0 saturated carbocycles. The smallest absolute Gasteiger partial charge is 0.306 e. The molecule has 1 aromatic rings. The summed E-state index contributed by atoms with van der Waals surface area (Å²) in [6.45, 7) is 0. The highest BCUT2D eigenvalue weighted by Gasteiger charge is 2.13. The Kier molecular flexibility index (Phi) is 3.51. The van der Waals surface area contributed by atoms with Gasteiger partial charge in [0.1, 0.15) is 0 Å². The van der Waals surface area contributed by atoms with Gasteiger partial charge in [0.2, 0.25) is 0 Å². The molecule has 1 rings (SSSR count). The summed E-state index contributed by atoms with van der Waals surface area (Å²) >= 11 is 0. The number of carboxylic acid groups (broad SMARTS) is 1. The minimum atomic E-state index is -1.10. The number of rotatable bonds is 4. The number of carboxylic acids is 1. The van der Waals surface area contributed by atoms with Crippen LogP contribution in [0, 0.1) is 0 Å². The third-order valence-electron chi connectivity index (χ3n) is 1.96. The van der Waals surface area contributed by atoms with E-state index in [1.165, 1.54) is 25.3 Å². The minimum absolute atomic E-state index is 0.0521. The molecule has 1 atom stereocenters. The molecule has 3 N–H and O–H groups in total. The van der Waals surface area contributed by atoms with Gasteiger partial charge in [0, 0.05) is 0 Å². The van der Waals surface area contributed by atoms with E-state index < -0.39 is 12.1 Å². The number of phenols is 1. The summed E-state index contributed by atoms with van der Waals surface area (Å²) in [6.07, 6.45) is -1.48. The number of ether oxygens (including phenoxy) is 1. The Balaban J connectivity index is 2.90. The first kappa shape index (κ1) is 11.3. The van der Waals surface area contributed by atoms with E-state index in [-0.39, 0.29) is 17.9 Å². The number of benzene rings is 1. The number of aliphatic hydroxyl groups is 1. The van der Waals surface area contributed by atoms with E-state index in [0.29, 0.717) is 5.56 Å². The predicted molar refractivity (Wildman–Crippen MR) is 51.9 cm³/mol. The van der Waals surface area contributed by atoms with Gasteiger partial charge in [-0.1, -0.05) is 6.07 Å². The zero-order valence-corrected chi connectivity index (χ0v) is 8.17. The normalized spacial score (nSPS) is 12.1. The van der Waals surface area contributed by atoms with Crippen LogP contribution in [0.25, 0.3) is 0 Å². The second kappa shape index (κ2) is 4.65. The van der Waals surface area contributed by atoms with Gasteiger partial charge in [0.25, 0.3) is 0 Å². The average molecular weight is 212 g/mol. The zero-order valence-electron chi connectivity index (χ0n) is 8.17. The fraction of sp³-hybridized carbons (Fsp3) is 0.300. The highest BCUT2D eigenvalue weighted by molar-refractivity contribution is 5.67. The van der Waals surface area contributed by atoms with Crippen molar-refractivity contribution >= 4 is 5.97 Å². The molecule has 5 heteroatoms. The van der Waals surface area contributed by atoms with Gasteiger partial charge in [-0.2, -0.15) is 0 Å². The van der Waals surface area contributed by atoms with Gasteiger partial charge >= 0.3 is 5.97 Å². The van der Waals surface area contributed by atoms with Gasteiger partial charge in [0.15, 0.2) is 11.5 Å². The maximum absolute atomic E-state index is 10.4. The molecule has 0 bridgehead atoms. The van der Waals surface area contributed by atoms with Gasteiger partial charge in [-0.05, 0) is 17.7 Å². The molecule has 0 aliphatic heterocycles. The molecule has 0 unspecified atom stereocenters. The summed E-state index contributed by atoms with van der Waals surface area (Å²) in [7, 11) is 1.38. The van der Waals surface area contributed by atoms with Crippen LogP contribution in [0.15, 0.2) is 18.2 Å². The Morgan fingerprint density at radius 1 is 1.53 bits per heavy atom. The molecule has 0 fully saturated rings.